The zero-order valence-electron chi connectivity index (χ0n) is 8.29. The molecular formula is C8H15NO6. The summed E-state index contributed by atoms with van der Waals surface area (Å²) in [6.07, 6.45) is -3.70. The van der Waals surface area contributed by atoms with E-state index in [1.54, 1.807) is 6.92 Å². The van der Waals surface area contributed by atoms with E-state index in [0.717, 1.165) is 0 Å². The first-order valence-corrected chi connectivity index (χ1v) is 4.41. The fourth-order valence-electron chi connectivity index (χ4n) is 0.656. The molecule has 2 unspecified atom stereocenters. The monoisotopic (exact) mass is 221 g/mol. The van der Waals surface area contributed by atoms with Crippen molar-refractivity contribution in [2.75, 3.05) is 6.61 Å². The number of esters is 1. The van der Waals surface area contributed by atoms with Crippen LogP contribution < -0.4 is 5.73 Å². The van der Waals surface area contributed by atoms with Gasteiger partial charge in [0.05, 0.1) is 0 Å². The largest absolute Gasteiger partial charge is 0.479 e. The van der Waals surface area contributed by atoms with Crippen molar-refractivity contribution in [2.24, 2.45) is 5.73 Å². The second-order valence-electron chi connectivity index (χ2n) is 3.03. The van der Waals surface area contributed by atoms with Crippen LogP contribution in [0.15, 0.2) is 0 Å². The molecule has 7 heteroatoms. The van der Waals surface area contributed by atoms with Crippen LogP contribution in [-0.4, -0.2) is 52.1 Å². The Morgan fingerprint density at radius 2 is 1.87 bits per heavy atom. The van der Waals surface area contributed by atoms with E-state index in [2.05, 4.69) is 4.74 Å². The molecule has 15 heavy (non-hydrogen) atoms. The Kier molecular flexibility index (Phi) is 5.83. The summed E-state index contributed by atoms with van der Waals surface area (Å²) < 4.78 is 4.49. The predicted molar refractivity (Wildman–Crippen MR) is 48.9 cm³/mol. The van der Waals surface area contributed by atoms with Gasteiger partial charge in [-0.05, 0) is 6.42 Å². The standard InChI is InChI=1S/C8H15NO6/c1-2-4(9)3-15-8(14)6(11)5(10)7(12)13/h4-6,10-11H,2-3,9H2,1H3,(H,12,13)/t4-,5?,6?/m1/s1. The lowest BCUT2D eigenvalue weighted by atomic mass is 10.2. The number of carbonyl (C=O) groups is 2. The summed E-state index contributed by atoms with van der Waals surface area (Å²) in [4.78, 5) is 21.2. The first kappa shape index (κ1) is 13.8. The number of carbonyl (C=O) groups excluding carboxylic acids is 1. The maximum atomic E-state index is 11.0. The molecule has 0 rings (SSSR count). The molecule has 0 saturated heterocycles. The smallest absolute Gasteiger partial charge is 0.338 e. The molecule has 0 aliphatic heterocycles. The first-order chi connectivity index (χ1) is 6.90. The SMILES string of the molecule is CC[C@@H](N)COC(=O)C(O)C(O)C(=O)O. The Morgan fingerprint density at radius 1 is 1.33 bits per heavy atom. The highest BCUT2D eigenvalue weighted by molar-refractivity contribution is 5.84. The lowest BCUT2D eigenvalue weighted by molar-refractivity contribution is -0.170. The summed E-state index contributed by atoms with van der Waals surface area (Å²) in [6, 6.07) is -0.372. The summed E-state index contributed by atoms with van der Waals surface area (Å²) >= 11 is 0. The third-order valence-corrected chi connectivity index (χ3v) is 1.76. The van der Waals surface area contributed by atoms with Gasteiger partial charge in [-0.2, -0.15) is 0 Å². The number of ether oxygens (including phenoxy) is 1. The van der Waals surface area contributed by atoms with Crippen molar-refractivity contribution in [2.45, 2.75) is 31.6 Å². The van der Waals surface area contributed by atoms with Crippen molar-refractivity contribution in [3.8, 4) is 0 Å². The highest BCUT2D eigenvalue weighted by atomic mass is 16.6. The molecule has 5 N–H and O–H groups in total. The average molecular weight is 221 g/mol. The van der Waals surface area contributed by atoms with Gasteiger partial charge in [0.25, 0.3) is 0 Å². The van der Waals surface area contributed by atoms with Gasteiger partial charge in [0, 0.05) is 6.04 Å². The number of nitrogens with two attached hydrogens (primary N) is 1. The fraction of sp³-hybridized carbons (Fsp3) is 0.750. The molecule has 0 spiro atoms. The third-order valence-electron chi connectivity index (χ3n) is 1.76. The van der Waals surface area contributed by atoms with Crippen LogP contribution >= 0.6 is 0 Å². The Morgan fingerprint density at radius 3 is 2.27 bits per heavy atom. The van der Waals surface area contributed by atoms with E-state index < -0.39 is 24.1 Å². The summed E-state index contributed by atoms with van der Waals surface area (Å²) in [6.45, 7) is 1.65. The van der Waals surface area contributed by atoms with Crippen LogP contribution in [0.2, 0.25) is 0 Å². The number of rotatable bonds is 6. The van der Waals surface area contributed by atoms with E-state index >= 15 is 0 Å². The van der Waals surface area contributed by atoms with Crippen molar-refractivity contribution >= 4 is 11.9 Å². The molecule has 88 valence electrons. The van der Waals surface area contributed by atoms with E-state index in [1.807, 2.05) is 0 Å². The molecule has 0 saturated carbocycles. The minimum Gasteiger partial charge on any atom is -0.479 e. The third kappa shape index (κ3) is 4.73. The lowest BCUT2D eigenvalue weighted by Crippen LogP contribution is -2.41. The number of carboxylic acids is 1. The lowest BCUT2D eigenvalue weighted by Gasteiger charge is -2.15. The zero-order chi connectivity index (χ0) is 12.0. The fourth-order valence-corrected chi connectivity index (χ4v) is 0.656. The molecule has 0 heterocycles. The van der Waals surface area contributed by atoms with Gasteiger partial charge in [0.2, 0.25) is 0 Å². The quantitative estimate of drug-likeness (QED) is 0.384. The molecule has 0 aliphatic carbocycles. The van der Waals surface area contributed by atoms with Crippen molar-refractivity contribution in [3.63, 3.8) is 0 Å². The highest BCUT2D eigenvalue weighted by Crippen LogP contribution is 1.98. The van der Waals surface area contributed by atoms with Gasteiger partial charge >= 0.3 is 11.9 Å². The minimum atomic E-state index is -2.18. The Labute approximate surface area is 86.5 Å². The van der Waals surface area contributed by atoms with Crippen molar-refractivity contribution in [3.05, 3.63) is 0 Å². The summed E-state index contributed by atoms with van der Waals surface area (Å²) in [5, 5.41) is 26.1. The van der Waals surface area contributed by atoms with Gasteiger partial charge in [-0.25, -0.2) is 9.59 Å². The number of hydrogen-bond acceptors (Lipinski definition) is 6. The Balaban J connectivity index is 4.05. The number of aliphatic carboxylic acids is 1. The second kappa shape index (κ2) is 6.33. The molecular weight excluding hydrogens is 206 g/mol. The number of aliphatic hydroxyl groups is 2. The summed E-state index contributed by atoms with van der Waals surface area (Å²) in [5.74, 6) is -2.90. The molecule has 0 aromatic carbocycles. The van der Waals surface area contributed by atoms with Gasteiger partial charge in [0.1, 0.15) is 6.61 Å². The maximum Gasteiger partial charge on any atom is 0.338 e. The molecule has 0 fully saturated rings. The molecule has 3 atom stereocenters. The van der Waals surface area contributed by atoms with E-state index in [0.29, 0.717) is 6.42 Å². The number of hydrogen-bond donors (Lipinski definition) is 4. The first-order valence-electron chi connectivity index (χ1n) is 4.41. The van der Waals surface area contributed by atoms with E-state index in [4.69, 9.17) is 21.1 Å². The molecule has 0 amide bonds. The summed E-state index contributed by atoms with van der Waals surface area (Å²) in [5.41, 5.74) is 5.42. The minimum absolute atomic E-state index is 0.126. The number of carboxylic acid groups (broad SMARTS) is 1. The van der Waals surface area contributed by atoms with Crippen molar-refractivity contribution < 1.29 is 29.6 Å². The van der Waals surface area contributed by atoms with Crippen molar-refractivity contribution in [1.82, 2.24) is 0 Å². The molecule has 7 nitrogen and oxygen atoms in total. The predicted octanol–water partition coefficient (Wildman–Crippen LogP) is -1.93. The average Bonchev–Trinajstić information content (AvgIpc) is 2.22. The van der Waals surface area contributed by atoms with Crippen LogP contribution in [0.1, 0.15) is 13.3 Å². The van der Waals surface area contributed by atoms with Gasteiger partial charge in [-0.1, -0.05) is 6.92 Å². The molecule has 0 aromatic heterocycles. The van der Waals surface area contributed by atoms with Crippen LogP contribution in [0.4, 0.5) is 0 Å². The highest BCUT2D eigenvalue weighted by Gasteiger charge is 2.31. The Bertz CT molecular complexity index is 231. The van der Waals surface area contributed by atoms with Gasteiger partial charge in [0.15, 0.2) is 12.2 Å². The van der Waals surface area contributed by atoms with Crippen molar-refractivity contribution in [1.29, 1.82) is 0 Å². The topological polar surface area (TPSA) is 130 Å². The summed E-state index contributed by atoms with van der Waals surface area (Å²) in [7, 11) is 0. The van der Waals surface area contributed by atoms with Crippen LogP contribution in [0.5, 0.6) is 0 Å². The maximum absolute atomic E-state index is 11.0. The van der Waals surface area contributed by atoms with E-state index in [1.165, 1.54) is 0 Å². The normalized spacial score (nSPS) is 16.5. The van der Waals surface area contributed by atoms with Crippen LogP contribution in [0, 0.1) is 0 Å². The molecule has 0 bridgehead atoms. The van der Waals surface area contributed by atoms with Gasteiger partial charge in [-0.3, -0.25) is 0 Å². The number of aliphatic hydroxyl groups excluding tert-OH is 2. The molecule has 0 aromatic rings. The molecule has 0 aliphatic rings. The van der Waals surface area contributed by atoms with E-state index in [9.17, 15) is 9.59 Å². The van der Waals surface area contributed by atoms with E-state index in [-0.39, 0.29) is 12.6 Å². The van der Waals surface area contributed by atoms with Crippen LogP contribution in [0.3, 0.4) is 0 Å². The van der Waals surface area contributed by atoms with Gasteiger partial charge < -0.3 is 25.8 Å². The van der Waals surface area contributed by atoms with Crippen LogP contribution in [-0.2, 0) is 14.3 Å². The molecule has 0 radical (unpaired) electrons. The zero-order valence-corrected chi connectivity index (χ0v) is 8.29. The second-order valence-corrected chi connectivity index (χ2v) is 3.03. The van der Waals surface area contributed by atoms with Crippen LogP contribution in [0.25, 0.3) is 0 Å². The van der Waals surface area contributed by atoms with Gasteiger partial charge in [-0.15, -0.1) is 0 Å². The Hall–Kier alpha value is -1.18.